The molecule has 3 atom stereocenters. The monoisotopic (exact) mass is 402 g/mol. The van der Waals surface area contributed by atoms with Gasteiger partial charge in [-0.1, -0.05) is 0 Å². The number of pyridine rings is 1. The van der Waals surface area contributed by atoms with Crippen LogP contribution in [0.5, 0.6) is 0 Å². The summed E-state index contributed by atoms with van der Waals surface area (Å²) in [6.45, 7) is 1.66. The molecule has 1 aliphatic carbocycles. The summed E-state index contributed by atoms with van der Waals surface area (Å²) in [7, 11) is 1.71. The van der Waals surface area contributed by atoms with Gasteiger partial charge in [0.25, 0.3) is 0 Å². The molecule has 1 fully saturated rings. The van der Waals surface area contributed by atoms with Crippen LogP contribution in [0.25, 0.3) is 20.8 Å². The van der Waals surface area contributed by atoms with Crippen molar-refractivity contribution in [3.8, 4) is 10.6 Å². The molecule has 10 heteroatoms. The highest BCUT2D eigenvalue weighted by Gasteiger charge is 2.47. The number of aliphatic hydroxyl groups is 3. The maximum absolute atomic E-state index is 11.0. The van der Waals surface area contributed by atoms with Gasteiger partial charge < -0.3 is 26.0 Å². The lowest BCUT2D eigenvalue weighted by molar-refractivity contribution is -0.0545. The van der Waals surface area contributed by atoms with Crippen LogP contribution in [0.1, 0.15) is 18.5 Å². The molecule has 3 aromatic rings. The molecule has 3 unspecified atom stereocenters. The zero-order valence-corrected chi connectivity index (χ0v) is 16.4. The molecule has 148 valence electrons. The summed E-state index contributed by atoms with van der Waals surface area (Å²) in [5.41, 5.74) is 0.522. The van der Waals surface area contributed by atoms with E-state index in [1.807, 2.05) is 13.0 Å². The number of hydrogen-bond donors (Lipinski definition) is 5. The van der Waals surface area contributed by atoms with Crippen molar-refractivity contribution >= 4 is 33.3 Å². The molecule has 1 aliphatic rings. The molecular weight excluding hydrogens is 380 g/mol. The third kappa shape index (κ3) is 3.18. The normalized spacial score (nSPS) is 24.6. The quantitative estimate of drug-likeness (QED) is 0.401. The second-order valence-electron chi connectivity index (χ2n) is 6.94. The fraction of sp³-hybridized carbons (Fsp3) is 0.444. The van der Waals surface area contributed by atoms with Gasteiger partial charge in [-0.2, -0.15) is 4.98 Å². The molecule has 0 radical (unpaired) electrons. The van der Waals surface area contributed by atoms with E-state index < -0.39 is 11.8 Å². The van der Waals surface area contributed by atoms with Gasteiger partial charge in [0.2, 0.25) is 5.95 Å². The topological polar surface area (TPSA) is 136 Å². The van der Waals surface area contributed by atoms with Gasteiger partial charge in [0.1, 0.15) is 22.4 Å². The van der Waals surface area contributed by atoms with E-state index in [1.54, 1.807) is 19.4 Å². The molecule has 5 N–H and O–H groups in total. The summed E-state index contributed by atoms with van der Waals surface area (Å²) in [5.74, 6) is 0.381. The Morgan fingerprint density at radius 2 is 2.14 bits per heavy atom. The van der Waals surface area contributed by atoms with Crippen molar-refractivity contribution in [3.63, 3.8) is 0 Å². The van der Waals surface area contributed by atoms with Gasteiger partial charge in [-0.05, 0) is 25.8 Å². The Labute approximate surface area is 165 Å². The van der Waals surface area contributed by atoms with Crippen LogP contribution in [0, 0.1) is 12.8 Å². The lowest BCUT2D eigenvalue weighted by Gasteiger charge is -2.31. The van der Waals surface area contributed by atoms with Gasteiger partial charge in [-0.25, -0.2) is 9.97 Å². The summed E-state index contributed by atoms with van der Waals surface area (Å²) in [6.07, 6.45) is 3.09. The van der Waals surface area contributed by atoms with E-state index in [9.17, 15) is 15.3 Å². The standard InChI is InChI=1S/C18H22N6O3S/c1-9-13(16-22-11-7-20-6-4-12(11)28-16)15(23-17(19-2)21-9)24-18(27)5-3-10(8-25)14(18)26/h4,6-7,10,14,25-27H,3,5,8H2,1-2H3,(H2,19,21,23,24). The van der Waals surface area contributed by atoms with Gasteiger partial charge in [0.15, 0.2) is 5.72 Å². The second kappa shape index (κ2) is 7.21. The van der Waals surface area contributed by atoms with Crippen molar-refractivity contribution in [1.29, 1.82) is 0 Å². The lowest BCUT2D eigenvalue weighted by Crippen LogP contribution is -2.48. The molecule has 0 aliphatic heterocycles. The molecule has 1 saturated carbocycles. The number of nitrogens with zero attached hydrogens (tertiary/aromatic N) is 4. The zero-order valence-electron chi connectivity index (χ0n) is 15.5. The van der Waals surface area contributed by atoms with Crippen LogP contribution < -0.4 is 10.6 Å². The predicted octanol–water partition coefficient (Wildman–Crippen LogP) is 1.36. The number of thiazole rings is 1. The SMILES string of the molecule is CNc1nc(C)c(-c2nc3cnccc3s2)c(NC2(O)CCC(CO)C2O)n1. The molecule has 0 spiro atoms. The molecule has 3 aromatic heterocycles. The van der Waals surface area contributed by atoms with E-state index in [-0.39, 0.29) is 12.5 Å². The maximum Gasteiger partial charge on any atom is 0.224 e. The van der Waals surface area contributed by atoms with Crippen molar-refractivity contribution < 1.29 is 15.3 Å². The van der Waals surface area contributed by atoms with Gasteiger partial charge >= 0.3 is 0 Å². The molecule has 3 heterocycles. The largest absolute Gasteiger partial charge is 0.396 e. The minimum atomic E-state index is -1.59. The molecule has 4 rings (SSSR count). The van der Waals surface area contributed by atoms with Crippen LogP contribution >= 0.6 is 11.3 Å². The molecular formula is C18H22N6O3S. The first-order chi connectivity index (χ1) is 13.4. The van der Waals surface area contributed by atoms with E-state index in [2.05, 4.69) is 30.6 Å². The summed E-state index contributed by atoms with van der Waals surface area (Å²) in [6, 6.07) is 1.89. The highest BCUT2D eigenvalue weighted by Crippen LogP contribution is 2.40. The van der Waals surface area contributed by atoms with Crippen molar-refractivity contribution in [1.82, 2.24) is 19.9 Å². The van der Waals surface area contributed by atoms with Crippen LogP contribution in [0.2, 0.25) is 0 Å². The molecule has 0 amide bonds. The fourth-order valence-corrected chi connectivity index (χ4v) is 4.58. The number of aryl methyl sites for hydroxylation is 1. The first-order valence-corrected chi connectivity index (χ1v) is 9.83. The number of fused-ring (bicyclic) bond motifs is 1. The Balaban J connectivity index is 1.81. The van der Waals surface area contributed by atoms with Gasteiger partial charge in [0.05, 0.1) is 22.2 Å². The smallest absolute Gasteiger partial charge is 0.224 e. The van der Waals surface area contributed by atoms with Crippen LogP contribution in [-0.2, 0) is 0 Å². The summed E-state index contributed by atoms with van der Waals surface area (Å²) >= 11 is 1.48. The third-order valence-electron chi connectivity index (χ3n) is 5.12. The minimum absolute atomic E-state index is 0.187. The molecule has 0 bridgehead atoms. The number of hydrogen-bond acceptors (Lipinski definition) is 10. The van der Waals surface area contributed by atoms with Crippen LogP contribution in [0.4, 0.5) is 11.8 Å². The van der Waals surface area contributed by atoms with Crippen LogP contribution in [0.15, 0.2) is 18.5 Å². The van der Waals surface area contributed by atoms with Crippen LogP contribution in [0.3, 0.4) is 0 Å². The molecule has 28 heavy (non-hydrogen) atoms. The van der Waals surface area contributed by atoms with Crippen molar-refractivity contribution in [2.75, 3.05) is 24.3 Å². The Bertz CT molecular complexity index is 979. The number of anilines is 2. The Morgan fingerprint density at radius 1 is 1.32 bits per heavy atom. The highest BCUT2D eigenvalue weighted by atomic mass is 32.1. The van der Waals surface area contributed by atoms with Gasteiger partial charge in [-0.15, -0.1) is 11.3 Å². The molecule has 9 nitrogen and oxygen atoms in total. The summed E-state index contributed by atoms with van der Waals surface area (Å²) in [5, 5.41) is 37.5. The first-order valence-electron chi connectivity index (χ1n) is 9.02. The number of aromatic nitrogens is 4. The van der Waals surface area contributed by atoms with Crippen molar-refractivity contribution in [2.24, 2.45) is 5.92 Å². The minimum Gasteiger partial charge on any atom is -0.396 e. The predicted molar refractivity (Wildman–Crippen MR) is 107 cm³/mol. The number of nitrogens with one attached hydrogen (secondary N) is 2. The highest BCUT2D eigenvalue weighted by molar-refractivity contribution is 7.21. The van der Waals surface area contributed by atoms with Gasteiger partial charge in [-0.3, -0.25) is 4.98 Å². The van der Waals surface area contributed by atoms with Crippen molar-refractivity contribution in [3.05, 3.63) is 24.2 Å². The third-order valence-corrected chi connectivity index (χ3v) is 6.17. The molecule has 0 aromatic carbocycles. The Hall–Kier alpha value is -2.40. The lowest BCUT2D eigenvalue weighted by atomic mass is 10.0. The first kappa shape index (κ1) is 18.9. The average molecular weight is 402 g/mol. The fourth-order valence-electron chi connectivity index (χ4n) is 3.55. The average Bonchev–Trinajstić information content (AvgIpc) is 3.22. The van der Waals surface area contributed by atoms with E-state index in [0.717, 1.165) is 10.2 Å². The van der Waals surface area contributed by atoms with Crippen molar-refractivity contribution in [2.45, 2.75) is 31.6 Å². The Kier molecular flexibility index (Phi) is 4.88. The van der Waals surface area contributed by atoms with Gasteiger partial charge in [0, 0.05) is 25.8 Å². The summed E-state index contributed by atoms with van der Waals surface area (Å²) in [4.78, 5) is 17.7. The molecule has 0 saturated heterocycles. The van der Waals surface area contributed by atoms with E-state index in [0.29, 0.717) is 40.9 Å². The van der Waals surface area contributed by atoms with Crippen LogP contribution in [-0.4, -0.2) is 60.7 Å². The van der Waals surface area contributed by atoms with E-state index in [1.165, 1.54) is 11.3 Å². The van der Waals surface area contributed by atoms with E-state index >= 15 is 0 Å². The maximum atomic E-state index is 11.0. The second-order valence-corrected chi connectivity index (χ2v) is 7.97. The van der Waals surface area contributed by atoms with E-state index in [4.69, 9.17) is 0 Å². The Morgan fingerprint density at radius 3 is 2.82 bits per heavy atom. The summed E-state index contributed by atoms with van der Waals surface area (Å²) < 4.78 is 0.980. The number of rotatable bonds is 5. The number of aliphatic hydroxyl groups excluding tert-OH is 2. The zero-order chi connectivity index (χ0) is 19.9.